The Balaban J connectivity index is 1.76. The van der Waals surface area contributed by atoms with Gasteiger partial charge in [0.05, 0.1) is 22.4 Å². The second-order valence-corrected chi connectivity index (χ2v) is 8.32. The van der Waals surface area contributed by atoms with Crippen molar-refractivity contribution >= 4 is 32.4 Å². The summed E-state index contributed by atoms with van der Waals surface area (Å²) in [5.74, 6) is -0.325. The van der Waals surface area contributed by atoms with E-state index < -0.39 is 10.0 Å². The van der Waals surface area contributed by atoms with Crippen LogP contribution in [0.4, 0.5) is 5.69 Å². The molecule has 0 saturated heterocycles. The Morgan fingerprint density at radius 3 is 2.28 bits per heavy atom. The predicted octanol–water partition coefficient (Wildman–Crippen LogP) is 2.13. The summed E-state index contributed by atoms with van der Waals surface area (Å²) >= 11 is 0. The van der Waals surface area contributed by atoms with Crippen LogP contribution in [0.5, 0.6) is 0 Å². The fourth-order valence-electron chi connectivity index (χ4n) is 3.09. The average molecular weight is 414 g/mol. The Bertz CT molecular complexity index is 1180. The van der Waals surface area contributed by atoms with Gasteiger partial charge < -0.3 is 5.32 Å². The van der Waals surface area contributed by atoms with Crippen LogP contribution in [0.15, 0.2) is 58.2 Å². The number of carbonyl (C=O) groups is 1. The Kier molecular flexibility index (Phi) is 6.09. The number of carbonyl (C=O) groups excluding carboxylic acids is 1. The first kappa shape index (κ1) is 20.7. The molecule has 3 aromatic rings. The molecule has 1 heterocycles. The van der Waals surface area contributed by atoms with Gasteiger partial charge in [-0.15, -0.1) is 0 Å². The Labute approximate surface area is 168 Å². The molecule has 0 aliphatic heterocycles. The van der Waals surface area contributed by atoms with Gasteiger partial charge in [0.15, 0.2) is 0 Å². The zero-order valence-electron chi connectivity index (χ0n) is 16.2. The van der Waals surface area contributed by atoms with Crippen LogP contribution >= 0.6 is 0 Å². The summed E-state index contributed by atoms with van der Waals surface area (Å²) in [6.45, 7) is 4.34. The molecule has 1 aromatic heterocycles. The summed E-state index contributed by atoms with van der Waals surface area (Å²) in [5.41, 5.74) is 0.621. The first-order valence-electron chi connectivity index (χ1n) is 9.23. The molecular weight excluding hydrogens is 392 g/mol. The third kappa shape index (κ3) is 4.36. The first-order chi connectivity index (χ1) is 13.9. The molecule has 1 amide bonds. The van der Waals surface area contributed by atoms with Crippen LogP contribution in [0.1, 0.15) is 19.5 Å². The van der Waals surface area contributed by atoms with Crippen LogP contribution in [0.25, 0.3) is 10.8 Å². The van der Waals surface area contributed by atoms with E-state index in [-0.39, 0.29) is 22.8 Å². The molecule has 9 heteroatoms. The minimum atomic E-state index is -3.55. The number of hydrogen-bond acceptors (Lipinski definition) is 5. The number of benzene rings is 2. The summed E-state index contributed by atoms with van der Waals surface area (Å²) in [6.07, 6.45) is -0.0310. The minimum Gasteiger partial charge on any atom is -0.326 e. The summed E-state index contributed by atoms with van der Waals surface area (Å²) < 4.78 is 26.4. The number of amides is 1. The maximum atomic E-state index is 12.5. The van der Waals surface area contributed by atoms with Crippen molar-refractivity contribution in [1.82, 2.24) is 14.5 Å². The topological polar surface area (TPSA) is 112 Å². The minimum absolute atomic E-state index is 0.0310. The van der Waals surface area contributed by atoms with E-state index >= 15 is 0 Å². The van der Waals surface area contributed by atoms with E-state index in [4.69, 9.17) is 0 Å². The summed E-state index contributed by atoms with van der Waals surface area (Å²) in [4.78, 5) is 24.4. The predicted molar refractivity (Wildman–Crippen MR) is 111 cm³/mol. The molecule has 2 aromatic carbocycles. The number of anilines is 1. The summed E-state index contributed by atoms with van der Waals surface area (Å²) in [6, 6.07) is 13.0. The molecule has 0 fully saturated rings. The second kappa shape index (κ2) is 8.54. The van der Waals surface area contributed by atoms with Crippen LogP contribution in [0.3, 0.4) is 0 Å². The maximum absolute atomic E-state index is 12.5. The highest BCUT2D eigenvalue weighted by molar-refractivity contribution is 7.89. The smallest absolute Gasteiger partial charge is 0.272 e. The van der Waals surface area contributed by atoms with Crippen molar-refractivity contribution in [3.05, 3.63) is 64.6 Å². The van der Waals surface area contributed by atoms with Crippen molar-refractivity contribution in [3.8, 4) is 0 Å². The Morgan fingerprint density at radius 2 is 1.66 bits per heavy atom. The van der Waals surface area contributed by atoms with Crippen molar-refractivity contribution in [2.45, 2.75) is 25.2 Å². The third-order valence-electron chi connectivity index (χ3n) is 4.58. The molecule has 8 nitrogen and oxygen atoms in total. The van der Waals surface area contributed by atoms with E-state index in [9.17, 15) is 18.0 Å². The number of aromatic amines is 1. The maximum Gasteiger partial charge on any atom is 0.272 e. The van der Waals surface area contributed by atoms with Gasteiger partial charge in [0.2, 0.25) is 15.9 Å². The molecule has 3 rings (SSSR count). The SMILES string of the molecule is CCN(CC)S(=O)(=O)c1ccc(NC(=O)Cc2n[nH]c(=O)c3ccccc23)cc1. The third-order valence-corrected chi connectivity index (χ3v) is 6.65. The molecule has 0 radical (unpaired) electrons. The molecule has 29 heavy (non-hydrogen) atoms. The average Bonchev–Trinajstić information content (AvgIpc) is 2.71. The van der Waals surface area contributed by atoms with Gasteiger partial charge in [-0.25, -0.2) is 13.5 Å². The van der Waals surface area contributed by atoms with Crippen LogP contribution in [-0.2, 0) is 21.2 Å². The fraction of sp³-hybridized carbons (Fsp3) is 0.250. The molecule has 2 N–H and O–H groups in total. The number of fused-ring (bicyclic) bond motifs is 1. The second-order valence-electron chi connectivity index (χ2n) is 6.38. The van der Waals surface area contributed by atoms with E-state index in [0.717, 1.165) is 0 Å². The number of sulfonamides is 1. The number of hydrogen-bond donors (Lipinski definition) is 2. The fourth-order valence-corrected chi connectivity index (χ4v) is 4.54. The quantitative estimate of drug-likeness (QED) is 0.615. The Hall–Kier alpha value is -3.04. The van der Waals surface area contributed by atoms with E-state index in [1.807, 2.05) is 0 Å². The lowest BCUT2D eigenvalue weighted by atomic mass is 10.1. The molecular formula is C20H22N4O4S. The van der Waals surface area contributed by atoms with E-state index in [2.05, 4.69) is 15.5 Å². The number of nitrogens with one attached hydrogen (secondary N) is 2. The van der Waals surface area contributed by atoms with Crippen LogP contribution in [-0.4, -0.2) is 41.9 Å². The van der Waals surface area contributed by atoms with Crippen LogP contribution in [0.2, 0.25) is 0 Å². The zero-order valence-corrected chi connectivity index (χ0v) is 17.0. The van der Waals surface area contributed by atoms with E-state index in [0.29, 0.717) is 35.2 Å². The molecule has 0 spiro atoms. The van der Waals surface area contributed by atoms with Gasteiger partial charge in [0, 0.05) is 24.2 Å². The standard InChI is InChI=1S/C20H22N4O4S/c1-3-24(4-2)29(27,28)15-11-9-14(10-12-15)21-19(25)13-18-16-7-5-6-8-17(16)20(26)23-22-18/h5-12H,3-4,13H2,1-2H3,(H,21,25)(H,23,26). The van der Waals surface area contributed by atoms with Crippen molar-refractivity contribution < 1.29 is 13.2 Å². The van der Waals surface area contributed by atoms with Crippen LogP contribution in [0, 0.1) is 0 Å². The number of H-pyrrole nitrogens is 1. The van der Waals surface area contributed by atoms with Crippen molar-refractivity contribution in [1.29, 1.82) is 0 Å². The molecule has 0 aliphatic carbocycles. The monoisotopic (exact) mass is 414 g/mol. The van der Waals surface area contributed by atoms with Gasteiger partial charge in [-0.05, 0) is 30.3 Å². The van der Waals surface area contributed by atoms with Gasteiger partial charge in [-0.1, -0.05) is 32.0 Å². The summed E-state index contributed by atoms with van der Waals surface area (Å²) in [7, 11) is -3.55. The van der Waals surface area contributed by atoms with Gasteiger partial charge in [-0.3, -0.25) is 9.59 Å². The van der Waals surface area contributed by atoms with Gasteiger partial charge in [0.25, 0.3) is 5.56 Å². The highest BCUT2D eigenvalue weighted by atomic mass is 32.2. The van der Waals surface area contributed by atoms with Gasteiger partial charge >= 0.3 is 0 Å². The Morgan fingerprint density at radius 1 is 1.03 bits per heavy atom. The lowest BCUT2D eigenvalue weighted by Gasteiger charge is -2.18. The highest BCUT2D eigenvalue weighted by Crippen LogP contribution is 2.19. The molecule has 0 saturated carbocycles. The number of nitrogens with zero attached hydrogens (tertiary/aromatic N) is 2. The lowest BCUT2D eigenvalue weighted by Crippen LogP contribution is -2.30. The zero-order chi connectivity index (χ0) is 21.0. The van der Waals surface area contributed by atoms with Gasteiger partial charge in [-0.2, -0.15) is 9.40 Å². The molecule has 0 bridgehead atoms. The van der Waals surface area contributed by atoms with Crippen molar-refractivity contribution in [2.75, 3.05) is 18.4 Å². The van der Waals surface area contributed by atoms with Crippen molar-refractivity contribution in [2.24, 2.45) is 0 Å². The largest absolute Gasteiger partial charge is 0.326 e. The van der Waals surface area contributed by atoms with E-state index in [1.54, 1.807) is 50.2 Å². The highest BCUT2D eigenvalue weighted by Gasteiger charge is 2.21. The molecule has 152 valence electrons. The van der Waals surface area contributed by atoms with Gasteiger partial charge in [0.1, 0.15) is 0 Å². The molecule has 0 unspecified atom stereocenters. The lowest BCUT2D eigenvalue weighted by molar-refractivity contribution is -0.115. The molecule has 0 atom stereocenters. The van der Waals surface area contributed by atoms with Crippen molar-refractivity contribution in [3.63, 3.8) is 0 Å². The molecule has 0 aliphatic rings. The van der Waals surface area contributed by atoms with Crippen LogP contribution < -0.4 is 10.9 Å². The summed E-state index contributed by atoms with van der Waals surface area (Å²) in [5, 5.41) is 10.2. The van der Waals surface area contributed by atoms with E-state index in [1.165, 1.54) is 16.4 Å². The first-order valence-corrected chi connectivity index (χ1v) is 10.7. The number of rotatable bonds is 7. The normalized spacial score (nSPS) is 11.7. The number of aromatic nitrogens is 2.